The number of hydroxylamine groups is 2. The molecular formula is C10H21NO5S. The second kappa shape index (κ2) is 5.68. The highest BCUT2D eigenvalue weighted by molar-refractivity contribution is 7.90. The number of sulfone groups is 1. The summed E-state index contributed by atoms with van der Waals surface area (Å²) in [5.41, 5.74) is -0.700. The van der Waals surface area contributed by atoms with Gasteiger partial charge in [0.25, 0.3) is 0 Å². The van der Waals surface area contributed by atoms with Gasteiger partial charge < -0.3 is 4.74 Å². The molecule has 0 aromatic rings. The lowest BCUT2D eigenvalue weighted by molar-refractivity contribution is -0.116. The molecule has 0 aliphatic heterocycles. The van der Waals surface area contributed by atoms with E-state index in [2.05, 4.69) is 0 Å². The first kappa shape index (κ1) is 16.2. The molecular weight excluding hydrogens is 246 g/mol. The van der Waals surface area contributed by atoms with Crippen molar-refractivity contribution in [3.63, 3.8) is 0 Å². The number of hydrogen-bond donors (Lipinski definition) is 1. The van der Waals surface area contributed by atoms with Gasteiger partial charge in [-0.1, -0.05) is 0 Å². The van der Waals surface area contributed by atoms with Crippen molar-refractivity contribution in [2.24, 2.45) is 0 Å². The minimum atomic E-state index is -3.10. The van der Waals surface area contributed by atoms with Gasteiger partial charge >= 0.3 is 6.09 Å². The van der Waals surface area contributed by atoms with Gasteiger partial charge in [0.05, 0.1) is 11.8 Å². The number of nitrogens with zero attached hydrogens (tertiary/aromatic N) is 1. The van der Waals surface area contributed by atoms with E-state index in [1.807, 2.05) is 0 Å². The third-order valence-corrected chi connectivity index (χ3v) is 2.88. The number of carbonyl (C=O) groups excluding carboxylic acids is 1. The van der Waals surface area contributed by atoms with Gasteiger partial charge in [-0.2, -0.15) is 5.06 Å². The van der Waals surface area contributed by atoms with Gasteiger partial charge in [-0.05, 0) is 34.1 Å². The molecule has 0 heterocycles. The fourth-order valence-electron chi connectivity index (χ4n) is 0.996. The first-order chi connectivity index (χ1) is 7.42. The summed E-state index contributed by atoms with van der Waals surface area (Å²) in [5.74, 6) is -0.0893. The molecule has 0 saturated carbocycles. The Kier molecular flexibility index (Phi) is 5.41. The van der Waals surface area contributed by atoms with Crippen molar-refractivity contribution in [2.45, 2.75) is 45.8 Å². The predicted molar refractivity (Wildman–Crippen MR) is 63.6 cm³/mol. The smallest absolute Gasteiger partial charge is 0.434 e. The number of rotatable bonds is 4. The summed E-state index contributed by atoms with van der Waals surface area (Å²) >= 11 is 0. The zero-order chi connectivity index (χ0) is 13.9. The van der Waals surface area contributed by atoms with E-state index in [1.165, 1.54) is 0 Å². The van der Waals surface area contributed by atoms with E-state index in [0.717, 1.165) is 6.26 Å². The van der Waals surface area contributed by atoms with E-state index in [4.69, 9.17) is 4.74 Å². The molecule has 0 aliphatic carbocycles. The molecule has 102 valence electrons. The summed E-state index contributed by atoms with van der Waals surface area (Å²) in [6.07, 6.45) is 0.391. The normalized spacial score (nSPS) is 14.2. The van der Waals surface area contributed by atoms with Crippen LogP contribution in [0.25, 0.3) is 0 Å². The lowest BCUT2D eigenvalue weighted by Crippen LogP contribution is -2.40. The molecule has 6 nitrogen and oxygen atoms in total. The molecule has 0 fully saturated rings. The van der Waals surface area contributed by atoms with E-state index in [9.17, 15) is 18.4 Å². The van der Waals surface area contributed by atoms with Crippen LogP contribution < -0.4 is 0 Å². The highest BCUT2D eigenvalue weighted by atomic mass is 32.2. The molecule has 0 aromatic heterocycles. The van der Waals surface area contributed by atoms with Crippen molar-refractivity contribution in [2.75, 3.05) is 12.0 Å². The minimum Gasteiger partial charge on any atom is -0.442 e. The molecule has 17 heavy (non-hydrogen) atoms. The van der Waals surface area contributed by atoms with Crippen LogP contribution in [0.1, 0.15) is 34.1 Å². The van der Waals surface area contributed by atoms with Crippen molar-refractivity contribution in [3.05, 3.63) is 0 Å². The van der Waals surface area contributed by atoms with E-state index in [0.29, 0.717) is 5.06 Å². The highest BCUT2D eigenvalue weighted by Gasteiger charge is 2.25. The fourth-order valence-corrected chi connectivity index (χ4v) is 1.76. The first-order valence-corrected chi connectivity index (χ1v) is 7.37. The monoisotopic (exact) mass is 267 g/mol. The van der Waals surface area contributed by atoms with Crippen LogP contribution >= 0.6 is 0 Å². The Morgan fingerprint density at radius 3 is 2.24 bits per heavy atom. The molecule has 0 aliphatic rings. The van der Waals surface area contributed by atoms with Crippen LogP contribution in [0.3, 0.4) is 0 Å². The van der Waals surface area contributed by atoms with E-state index >= 15 is 0 Å². The Morgan fingerprint density at radius 1 is 1.41 bits per heavy atom. The second-order valence-corrected chi connectivity index (χ2v) is 7.35. The third kappa shape index (κ3) is 7.98. The molecule has 0 spiro atoms. The fraction of sp³-hybridized carbons (Fsp3) is 0.900. The molecule has 0 radical (unpaired) electrons. The number of amides is 1. The van der Waals surface area contributed by atoms with Crippen LogP contribution in [0, 0.1) is 0 Å². The van der Waals surface area contributed by atoms with Crippen molar-refractivity contribution < 1.29 is 23.2 Å². The van der Waals surface area contributed by atoms with Gasteiger partial charge in [-0.3, -0.25) is 5.21 Å². The standard InChI is InChI=1S/C10H21NO5S/c1-8(6-7-17(5,14)15)11(13)9(12)16-10(2,3)4/h8,13H,6-7H2,1-5H3. The summed E-state index contributed by atoms with van der Waals surface area (Å²) in [6.45, 7) is 6.59. The Hall–Kier alpha value is -0.820. The summed E-state index contributed by atoms with van der Waals surface area (Å²) in [4.78, 5) is 11.4. The lowest BCUT2D eigenvalue weighted by Gasteiger charge is -2.26. The van der Waals surface area contributed by atoms with Gasteiger partial charge in [0.15, 0.2) is 0 Å². The maximum absolute atomic E-state index is 11.4. The SMILES string of the molecule is CC(CCS(C)(=O)=O)N(O)C(=O)OC(C)(C)C. The van der Waals surface area contributed by atoms with Crippen LogP contribution in [0.4, 0.5) is 4.79 Å². The minimum absolute atomic E-state index is 0.0893. The van der Waals surface area contributed by atoms with E-state index < -0.39 is 27.6 Å². The predicted octanol–water partition coefficient (Wildman–Crippen LogP) is 1.44. The molecule has 1 N–H and O–H groups in total. The number of hydrogen-bond acceptors (Lipinski definition) is 5. The summed E-state index contributed by atoms with van der Waals surface area (Å²) in [6, 6.07) is -0.612. The second-order valence-electron chi connectivity index (χ2n) is 5.09. The summed E-state index contributed by atoms with van der Waals surface area (Å²) in [5, 5.41) is 9.94. The van der Waals surface area contributed by atoms with E-state index in [-0.39, 0.29) is 12.2 Å². The number of carbonyl (C=O) groups is 1. The Labute approximate surface area is 102 Å². The Morgan fingerprint density at radius 2 is 1.88 bits per heavy atom. The van der Waals surface area contributed by atoms with Crippen LogP contribution in [0.15, 0.2) is 0 Å². The first-order valence-electron chi connectivity index (χ1n) is 5.31. The van der Waals surface area contributed by atoms with Crippen molar-refractivity contribution in [1.82, 2.24) is 5.06 Å². The molecule has 0 bridgehead atoms. The quantitative estimate of drug-likeness (QED) is 0.615. The Bertz CT molecular complexity index is 357. The van der Waals surface area contributed by atoms with Gasteiger partial charge in [0, 0.05) is 6.26 Å². The molecule has 1 unspecified atom stereocenters. The van der Waals surface area contributed by atoms with Crippen molar-refractivity contribution in [1.29, 1.82) is 0 Å². The maximum atomic E-state index is 11.4. The summed E-state index contributed by atoms with van der Waals surface area (Å²) in [7, 11) is -3.10. The topological polar surface area (TPSA) is 83.9 Å². The number of ether oxygens (including phenoxy) is 1. The largest absolute Gasteiger partial charge is 0.442 e. The van der Waals surface area contributed by atoms with Gasteiger partial charge in [-0.15, -0.1) is 0 Å². The third-order valence-electron chi connectivity index (χ3n) is 1.90. The zero-order valence-corrected chi connectivity index (χ0v) is 11.7. The van der Waals surface area contributed by atoms with Crippen LogP contribution in [-0.4, -0.2) is 48.4 Å². The molecule has 7 heteroatoms. The van der Waals surface area contributed by atoms with Gasteiger partial charge in [-0.25, -0.2) is 13.2 Å². The van der Waals surface area contributed by atoms with Crippen LogP contribution in [-0.2, 0) is 14.6 Å². The van der Waals surface area contributed by atoms with Crippen molar-refractivity contribution in [3.8, 4) is 0 Å². The Balaban J connectivity index is 4.31. The maximum Gasteiger partial charge on any atom is 0.434 e. The molecule has 0 rings (SSSR count). The van der Waals surface area contributed by atoms with Crippen LogP contribution in [0.5, 0.6) is 0 Å². The lowest BCUT2D eigenvalue weighted by atomic mass is 10.2. The molecule has 1 atom stereocenters. The molecule has 1 amide bonds. The highest BCUT2D eigenvalue weighted by Crippen LogP contribution is 2.12. The summed E-state index contributed by atoms with van der Waals surface area (Å²) < 4.78 is 26.8. The van der Waals surface area contributed by atoms with Gasteiger partial charge in [0.2, 0.25) is 0 Å². The average Bonchev–Trinajstić information content (AvgIpc) is 2.08. The van der Waals surface area contributed by atoms with Gasteiger partial charge in [0.1, 0.15) is 15.4 Å². The van der Waals surface area contributed by atoms with Crippen LogP contribution in [0.2, 0.25) is 0 Å². The molecule has 0 aromatic carbocycles. The average molecular weight is 267 g/mol. The van der Waals surface area contributed by atoms with E-state index in [1.54, 1.807) is 27.7 Å². The molecule has 0 saturated heterocycles. The zero-order valence-electron chi connectivity index (χ0n) is 10.9. The van der Waals surface area contributed by atoms with Crippen molar-refractivity contribution >= 4 is 15.9 Å².